The number of nitrogens with one attached hydrogen (secondary N) is 1. The summed E-state index contributed by atoms with van der Waals surface area (Å²) in [6, 6.07) is 6.34. The largest absolute Gasteiger partial charge is 0.340 e. The summed E-state index contributed by atoms with van der Waals surface area (Å²) in [6.45, 7) is 4.38. The molecular weight excluding hydrogens is 420 g/mol. The van der Waals surface area contributed by atoms with Gasteiger partial charge < -0.3 is 15.1 Å². The number of nitrogens with zero attached hydrogens (tertiary/aromatic N) is 5. The topological polar surface area (TPSA) is 73.7 Å². The maximum absolute atomic E-state index is 13.1. The molecule has 3 aliphatic rings. The van der Waals surface area contributed by atoms with Gasteiger partial charge in [0.2, 0.25) is 5.91 Å². The van der Waals surface area contributed by atoms with Crippen molar-refractivity contribution in [2.24, 2.45) is 10.9 Å². The summed E-state index contributed by atoms with van der Waals surface area (Å²) in [7, 11) is 2.12. The lowest BCUT2D eigenvalue weighted by Gasteiger charge is -2.35. The molecule has 1 fully saturated rings. The van der Waals surface area contributed by atoms with E-state index < -0.39 is 0 Å². The van der Waals surface area contributed by atoms with E-state index >= 15 is 0 Å². The Labute approximate surface area is 191 Å². The van der Waals surface area contributed by atoms with Gasteiger partial charge in [-0.15, -0.1) is 11.3 Å². The van der Waals surface area contributed by atoms with Gasteiger partial charge in [0.05, 0.1) is 11.9 Å². The van der Waals surface area contributed by atoms with E-state index in [0.717, 1.165) is 79.3 Å². The van der Waals surface area contributed by atoms with Gasteiger partial charge in [-0.05, 0) is 55.1 Å². The van der Waals surface area contributed by atoms with Crippen molar-refractivity contribution < 1.29 is 4.79 Å². The Balaban J connectivity index is 1.26. The van der Waals surface area contributed by atoms with E-state index in [4.69, 9.17) is 0 Å². The zero-order valence-electron chi connectivity index (χ0n) is 18.2. The quantitative estimate of drug-likeness (QED) is 0.669. The third kappa shape index (κ3) is 3.47. The molecule has 2 aromatic heterocycles. The number of carbonyl (C=O) groups is 1. The van der Waals surface area contributed by atoms with Gasteiger partial charge in [-0.2, -0.15) is 0 Å². The standard InChI is InChI=1S/C24H26N6OS/c1-29-6-8-30(9-7-29)24(31)15-3-5-19-20(11-15)32-23-21(19)22(26-14-27-23)28-18-4-2-16-12-25-13-17(16)10-18/h2,4,10,13-15H,3,5-9,11-12H2,1H3,(H,26,27,28). The van der Waals surface area contributed by atoms with Crippen LogP contribution in [0.1, 0.15) is 28.0 Å². The van der Waals surface area contributed by atoms with Crippen molar-refractivity contribution in [2.75, 3.05) is 38.5 Å². The van der Waals surface area contributed by atoms with E-state index in [1.807, 2.05) is 6.21 Å². The molecule has 7 nitrogen and oxygen atoms in total. The molecule has 8 heteroatoms. The summed E-state index contributed by atoms with van der Waals surface area (Å²) >= 11 is 1.72. The summed E-state index contributed by atoms with van der Waals surface area (Å²) in [4.78, 5) is 33.3. The number of piperazine rings is 1. The molecule has 32 heavy (non-hydrogen) atoms. The lowest BCUT2D eigenvalue weighted by molar-refractivity contribution is -0.137. The Kier molecular flexibility index (Phi) is 4.91. The van der Waals surface area contributed by atoms with Crippen molar-refractivity contribution in [1.82, 2.24) is 19.8 Å². The van der Waals surface area contributed by atoms with E-state index in [1.165, 1.54) is 16.0 Å². The van der Waals surface area contributed by atoms with Crippen LogP contribution in [0.2, 0.25) is 0 Å². The zero-order chi connectivity index (χ0) is 21.7. The summed E-state index contributed by atoms with van der Waals surface area (Å²) in [5.74, 6) is 1.26. The number of thiophene rings is 1. The first kappa shape index (κ1) is 19.8. The fourth-order valence-electron chi connectivity index (χ4n) is 5.02. The highest BCUT2D eigenvalue weighted by Crippen LogP contribution is 2.41. The number of aromatic nitrogens is 2. The van der Waals surface area contributed by atoms with E-state index in [1.54, 1.807) is 17.7 Å². The number of fused-ring (bicyclic) bond motifs is 4. The van der Waals surface area contributed by atoms with Gasteiger partial charge >= 0.3 is 0 Å². The highest BCUT2D eigenvalue weighted by atomic mass is 32.1. The molecule has 1 N–H and O–H groups in total. The Hall–Kier alpha value is -2.84. The molecule has 1 aromatic carbocycles. The van der Waals surface area contributed by atoms with Crippen molar-refractivity contribution in [3.63, 3.8) is 0 Å². The molecule has 2 aliphatic heterocycles. The van der Waals surface area contributed by atoms with E-state index in [0.29, 0.717) is 5.91 Å². The van der Waals surface area contributed by atoms with E-state index in [-0.39, 0.29) is 5.92 Å². The number of benzene rings is 1. The van der Waals surface area contributed by atoms with Gasteiger partial charge in [0.25, 0.3) is 0 Å². The van der Waals surface area contributed by atoms with Crippen LogP contribution in [0.25, 0.3) is 10.2 Å². The molecule has 164 valence electrons. The van der Waals surface area contributed by atoms with E-state index in [2.05, 4.69) is 55.3 Å². The van der Waals surface area contributed by atoms with Crippen LogP contribution in [0.5, 0.6) is 0 Å². The number of anilines is 2. The lowest BCUT2D eigenvalue weighted by Crippen LogP contribution is -2.49. The molecule has 0 bridgehead atoms. The van der Waals surface area contributed by atoms with Crippen LogP contribution >= 0.6 is 11.3 Å². The maximum Gasteiger partial charge on any atom is 0.226 e. The third-order valence-corrected chi connectivity index (χ3v) is 8.07. The van der Waals surface area contributed by atoms with Gasteiger partial charge in [-0.25, -0.2) is 9.97 Å². The Morgan fingerprint density at radius 2 is 2.06 bits per heavy atom. The monoisotopic (exact) mass is 446 g/mol. The number of amides is 1. The predicted octanol–water partition coefficient (Wildman–Crippen LogP) is 3.25. The third-order valence-electron chi connectivity index (χ3n) is 6.91. The molecule has 4 heterocycles. The predicted molar refractivity (Wildman–Crippen MR) is 128 cm³/mol. The molecule has 1 unspecified atom stereocenters. The van der Waals surface area contributed by atoms with Crippen molar-refractivity contribution in [3.8, 4) is 0 Å². The van der Waals surface area contributed by atoms with Gasteiger partial charge in [-0.1, -0.05) is 6.07 Å². The molecule has 0 radical (unpaired) electrons. The first-order valence-electron chi connectivity index (χ1n) is 11.3. The number of carbonyl (C=O) groups excluding carboxylic acids is 1. The number of aryl methyl sites for hydroxylation is 1. The van der Waals surface area contributed by atoms with Gasteiger partial charge in [0.1, 0.15) is 17.0 Å². The van der Waals surface area contributed by atoms with Crippen LogP contribution < -0.4 is 5.32 Å². The number of hydrogen-bond acceptors (Lipinski definition) is 7. The minimum atomic E-state index is 0.0827. The fourth-order valence-corrected chi connectivity index (χ4v) is 6.28. The second-order valence-electron chi connectivity index (χ2n) is 8.98. The first-order valence-corrected chi connectivity index (χ1v) is 12.1. The molecule has 0 saturated carbocycles. The highest BCUT2D eigenvalue weighted by molar-refractivity contribution is 7.19. The van der Waals surface area contributed by atoms with E-state index in [9.17, 15) is 4.79 Å². The number of likely N-dealkylation sites (N-methyl/N-ethyl adjacent to an activating group) is 1. The van der Waals surface area contributed by atoms with Crippen LogP contribution in [0.3, 0.4) is 0 Å². The van der Waals surface area contributed by atoms with Crippen LogP contribution in [0, 0.1) is 5.92 Å². The SMILES string of the molecule is CN1CCN(C(=O)C2CCc3c(sc4ncnc(Nc5ccc6c(c5)C=NC6)c34)C2)CC1. The smallest absolute Gasteiger partial charge is 0.226 e. The molecule has 1 saturated heterocycles. The summed E-state index contributed by atoms with van der Waals surface area (Å²) in [6.07, 6.45) is 6.18. The zero-order valence-corrected chi connectivity index (χ0v) is 19.0. The van der Waals surface area contributed by atoms with Crippen molar-refractivity contribution >= 4 is 45.2 Å². The maximum atomic E-state index is 13.1. The second-order valence-corrected chi connectivity index (χ2v) is 10.1. The van der Waals surface area contributed by atoms with Gasteiger partial charge in [0, 0.05) is 48.9 Å². The molecule has 1 aliphatic carbocycles. The van der Waals surface area contributed by atoms with Crippen molar-refractivity contribution in [3.05, 3.63) is 46.1 Å². The Morgan fingerprint density at radius 3 is 2.94 bits per heavy atom. The van der Waals surface area contributed by atoms with Gasteiger partial charge in [-0.3, -0.25) is 9.79 Å². The average Bonchev–Trinajstić information content (AvgIpc) is 3.43. The summed E-state index contributed by atoms with van der Waals surface area (Å²) in [5.41, 5.74) is 4.75. The van der Waals surface area contributed by atoms with Crippen molar-refractivity contribution in [2.45, 2.75) is 25.8 Å². The average molecular weight is 447 g/mol. The number of rotatable bonds is 3. The van der Waals surface area contributed by atoms with Crippen LogP contribution in [-0.2, 0) is 24.2 Å². The van der Waals surface area contributed by atoms with Crippen LogP contribution in [-0.4, -0.2) is 65.1 Å². The minimum absolute atomic E-state index is 0.0827. The molecule has 1 atom stereocenters. The Morgan fingerprint density at radius 1 is 1.19 bits per heavy atom. The molecule has 1 amide bonds. The Bertz CT molecular complexity index is 1230. The molecular formula is C24H26N6OS. The minimum Gasteiger partial charge on any atom is -0.340 e. The second kappa shape index (κ2) is 7.94. The molecule has 6 rings (SSSR count). The molecule has 3 aromatic rings. The normalized spacial score (nSPS) is 20.4. The number of hydrogen-bond donors (Lipinski definition) is 1. The molecule has 0 spiro atoms. The number of aliphatic imine (C=N–C) groups is 1. The lowest BCUT2D eigenvalue weighted by atomic mass is 9.86. The summed E-state index contributed by atoms with van der Waals surface area (Å²) < 4.78 is 0. The van der Waals surface area contributed by atoms with Crippen LogP contribution in [0.4, 0.5) is 11.5 Å². The van der Waals surface area contributed by atoms with Crippen molar-refractivity contribution in [1.29, 1.82) is 0 Å². The summed E-state index contributed by atoms with van der Waals surface area (Å²) in [5, 5.41) is 4.63. The first-order chi connectivity index (χ1) is 15.7. The highest BCUT2D eigenvalue weighted by Gasteiger charge is 2.32. The van der Waals surface area contributed by atoms with Gasteiger partial charge in [0.15, 0.2) is 0 Å². The van der Waals surface area contributed by atoms with Crippen LogP contribution in [0.15, 0.2) is 29.5 Å². The fraction of sp³-hybridized carbons (Fsp3) is 0.417.